The maximum Gasteiger partial charge on any atom is 0.145 e. The Balaban J connectivity index is 1.93. The van der Waals surface area contributed by atoms with E-state index >= 15 is 0 Å². The summed E-state index contributed by atoms with van der Waals surface area (Å²) in [6, 6.07) is 9.74. The first-order valence-electron chi connectivity index (χ1n) is 4.84. The van der Waals surface area contributed by atoms with Gasteiger partial charge in [-0.05, 0) is 17.5 Å². The minimum absolute atomic E-state index is 0.425. The van der Waals surface area contributed by atoms with Crippen LogP contribution in [0.5, 0.6) is 0 Å². The Bertz CT molecular complexity index is 488. The van der Waals surface area contributed by atoms with Crippen LogP contribution in [0.3, 0.4) is 0 Å². The Hall–Kier alpha value is -1.70. The van der Waals surface area contributed by atoms with Crippen LogP contribution >= 0.6 is 11.3 Å². The smallest absolute Gasteiger partial charge is 0.145 e. The van der Waals surface area contributed by atoms with Crippen molar-refractivity contribution in [2.24, 2.45) is 0 Å². The van der Waals surface area contributed by atoms with Gasteiger partial charge in [-0.25, -0.2) is 4.98 Å². The summed E-state index contributed by atoms with van der Waals surface area (Å²) in [4.78, 5) is 5.16. The Labute approximate surface area is 97.9 Å². The fourth-order valence-electron chi connectivity index (χ4n) is 1.31. The van der Waals surface area contributed by atoms with Gasteiger partial charge in [0.15, 0.2) is 0 Å². The number of hydrogen-bond donors (Lipinski definition) is 0. The van der Waals surface area contributed by atoms with Gasteiger partial charge in [0, 0.05) is 16.6 Å². The average molecular weight is 230 g/mol. The van der Waals surface area contributed by atoms with E-state index < -0.39 is 0 Å². The monoisotopic (exact) mass is 230 g/mol. The first-order chi connectivity index (χ1) is 7.90. The summed E-state index contributed by atoms with van der Waals surface area (Å²) in [6.45, 7) is 1.01. The summed E-state index contributed by atoms with van der Waals surface area (Å²) in [7, 11) is 0. The molecule has 2 aromatic rings. The molecule has 0 unspecified atom stereocenters. The molecule has 0 N–H and O–H groups in total. The van der Waals surface area contributed by atoms with Gasteiger partial charge in [-0.3, -0.25) is 0 Å². The predicted molar refractivity (Wildman–Crippen MR) is 61.8 cm³/mol. The third kappa shape index (κ3) is 2.66. The van der Waals surface area contributed by atoms with E-state index in [1.807, 2.05) is 29.6 Å². The zero-order chi connectivity index (χ0) is 11.2. The molecule has 0 aliphatic carbocycles. The number of pyridine rings is 1. The highest BCUT2D eigenvalue weighted by molar-refractivity contribution is 7.09. The normalized spacial score (nSPS) is 9.94. The van der Waals surface area contributed by atoms with Crippen molar-refractivity contribution in [3.63, 3.8) is 0 Å². The molecule has 0 radical (unpaired) electrons. The van der Waals surface area contributed by atoms with Crippen molar-refractivity contribution in [3.05, 3.63) is 52.0 Å². The Kier molecular flexibility index (Phi) is 3.65. The number of ether oxygens (including phenoxy) is 1. The summed E-state index contributed by atoms with van der Waals surface area (Å²) in [5.74, 6) is 0. The lowest BCUT2D eigenvalue weighted by Crippen LogP contribution is -1.97. The molecule has 16 heavy (non-hydrogen) atoms. The van der Waals surface area contributed by atoms with Crippen LogP contribution in [0.2, 0.25) is 0 Å². The maximum absolute atomic E-state index is 8.84. The largest absolute Gasteiger partial charge is 0.371 e. The standard InChI is InChI=1S/C12H10N2OS/c13-7-12-10(3-1-5-14-12)8-15-9-11-4-2-6-16-11/h1-6H,8-9H2. The fraction of sp³-hybridized carbons (Fsp3) is 0.167. The third-order valence-corrected chi connectivity index (χ3v) is 2.93. The van der Waals surface area contributed by atoms with E-state index in [4.69, 9.17) is 10.00 Å². The molecular weight excluding hydrogens is 220 g/mol. The first kappa shape index (κ1) is 10.8. The highest BCUT2D eigenvalue weighted by atomic mass is 32.1. The lowest BCUT2D eigenvalue weighted by molar-refractivity contribution is 0.109. The molecule has 2 heterocycles. The summed E-state index contributed by atoms with van der Waals surface area (Å²) in [5, 5.41) is 10.9. The lowest BCUT2D eigenvalue weighted by Gasteiger charge is -2.03. The van der Waals surface area contributed by atoms with E-state index in [0.29, 0.717) is 18.9 Å². The van der Waals surface area contributed by atoms with E-state index in [-0.39, 0.29) is 0 Å². The van der Waals surface area contributed by atoms with Crippen molar-refractivity contribution in [2.45, 2.75) is 13.2 Å². The number of hydrogen-bond acceptors (Lipinski definition) is 4. The van der Waals surface area contributed by atoms with Crippen LogP contribution in [-0.4, -0.2) is 4.98 Å². The number of aromatic nitrogens is 1. The van der Waals surface area contributed by atoms with Crippen molar-refractivity contribution >= 4 is 11.3 Å². The highest BCUT2D eigenvalue weighted by Gasteiger charge is 2.02. The second kappa shape index (κ2) is 5.40. The van der Waals surface area contributed by atoms with Gasteiger partial charge in [0.1, 0.15) is 11.8 Å². The number of rotatable bonds is 4. The van der Waals surface area contributed by atoms with Gasteiger partial charge in [0.25, 0.3) is 0 Å². The molecule has 80 valence electrons. The molecular formula is C12H10N2OS. The van der Waals surface area contributed by atoms with Gasteiger partial charge in [-0.2, -0.15) is 5.26 Å². The molecule has 0 spiro atoms. The molecule has 0 saturated heterocycles. The molecule has 0 saturated carbocycles. The minimum Gasteiger partial charge on any atom is -0.371 e. The zero-order valence-corrected chi connectivity index (χ0v) is 9.41. The fourth-order valence-corrected chi connectivity index (χ4v) is 1.95. The topological polar surface area (TPSA) is 45.9 Å². The molecule has 2 aromatic heterocycles. The van der Waals surface area contributed by atoms with Crippen LogP contribution in [0.4, 0.5) is 0 Å². The van der Waals surface area contributed by atoms with E-state index in [1.165, 1.54) is 4.88 Å². The molecule has 3 nitrogen and oxygen atoms in total. The van der Waals surface area contributed by atoms with Crippen molar-refractivity contribution in [2.75, 3.05) is 0 Å². The summed E-state index contributed by atoms with van der Waals surface area (Å²) in [6.07, 6.45) is 1.61. The molecule has 0 aliphatic heterocycles. The maximum atomic E-state index is 8.84. The van der Waals surface area contributed by atoms with Crippen molar-refractivity contribution in [3.8, 4) is 6.07 Å². The lowest BCUT2D eigenvalue weighted by atomic mass is 10.2. The summed E-state index contributed by atoms with van der Waals surface area (Å²) in [5.41, 5.74) is 1.27. The Morgan fingerprint density at radius 3 is 3.00 bits per heavy atom. The molecule has 4 heteroatoms. The van der Waals surface area contributed by atoms with Gasteiger partial charge < -0.3 is 4.74 Å². The van der Waals surface area contributed by atoms with Crippen LogP contribution in [0.15, 0.2) is 35.8 Å². The molecule has 0 aliphatic rings. The average Bonchev–Trinajstić information content (AvgIpc) is 2.83. The van der Waals surface area contributed by atoms with Crippen LogP contribution in [0.1, 0.15) is 16.1 Å². The van der Waals surface area contributed by atoms with Gasteiger partial charge in [-0.15, -0.1) is 11.3 Å². The zero-order valence-electron chi connectivity index (χ0n) is 8.59. The van der Waals surface area contributed by atoms with Gasteiger partial charge in [-0.1, -0.05) is 12.1 Å². The second-order valence-electron chi connectivity index (χ2n) is 3.20. The molecule has 0 atom stereocenters. The third-order valence-electron chi connectivity index (χ3n) is 2.08. The molecule has 2 rings (SSSR count). The van der Waals surface area contributed by atoms with E-state index in [2.05, 4.69) is 11.1 Å². The molecule has 0 aromatic carbocycles. The minimum atomic E-state index is 0.425. The molecule has 0 bridgehead atoms. The van der Waals surface area contributed by atoms with Crippen molar-refractivity contribution in [1.29, 1.82) is 5.26 Å². The van der Waals surface area contributed by atoms with Crippen LogP contribution in [-0.2, 0) is 18.0 Å². The van der Waals surface area contributed by atoms with Gasteiger partial charge in [0.2, 0.25) is 0 Å². The van der Waals surface area contributed by atoms with E-state index in [1.54, 1.807) is 17.5 Å². The predicted octanol–water partition coefficient (Wildman–Crippen LogP) is 2.73. The van der Waals surface area contributed by atoms with Crippen molar-refractivity contribution in [1.82, 2.24) is 4.98 Å². The molecule has 0 fully saturated rings. The van der Waals surface area contributed by atoms with Crippen LogP contribution < -0.4 is 0 Å². The highest BCUT2D eigenvalue weighted by Crippen LogP contribution is 2.12. The number of thiophene rings is 1. The van der Waals surface area contributed by atoms with Gasteiger partial charge >= 0.3 is 0 Å². The number of nitrogens with zero attached hydrogens (tertiary/aromatic N) is 2. The van der Waals surface area contributed by atoms with Gasteiger partial charge in [0.05, 0.1) is 13.2 Å². The van der Waals surface area contributed by atoms with Crippen LogP contribution in [0.25, 0.3) is 0 Å². The SMILES string of the molecule is N#Cc1ncccc1COCc1cccs1. The van der Waals surface area contributed by atoms with Crippen LogP contribution in [0, 0.1) is 11.3 Å². The second-order valence-corrected chi connectivity index (χ2v) is 4.23. The Morgan fingerprint density at radius 2 is 2.25 bits per heavy atom. The summed E-state index contributed by atoms with van der Waals surface area (Å²) >= 11 is 1.66. The van der Waals surface area contributed by atoms with Crippen molar-refractivity contribution < 1.29 is 4.74 Å². The first-order valence-corrected chi connectivity index (χ1v) is 5.72. The molecule has 0 amide bonds. The summed E-state index contributed by atoms with van der Waals surface area (Å²) < 4.78 is 5.53. The van der Waals surface area contributed by atoms with E-state index in [0.717, 1.165) is 5.56 Å². The Morgan fingerprint density at radius 1 is 1.31 bits per heavy atom. The quantitative estimate of drug-likeness (QED) is 0.811. The van der Waals surface area contributed by atoms with E-state index in [9.17, 15) is 0 Å². The number of nitriles is 1.